The minimum Gasteiger partial charge on any atom is -0.376 e. The van der Waals surface area contributed by atoms with E-state index in [2.05, 4.69) is 51.1 Å². The summed E-state index contributed by atoms with van der Waals surface area (Å²) < 4.78 is 8.17. The number of rotatable bonds is 5. The zero-order valence-electron chi connectivity index (χ0n) is 14.5. The Kier molecular flexibility index (Phi) is 4.72. The Bertz CT molecular complexity index is 726. The molecule has 2 aromatic rings. The number of pyridine rings is 1. The number of thiocarbonyl (C=S) groups is 1. The molecule has 0 saturated carbocycles. The van der Waals surface area contributed by atoms with Crippen molar-refractivity contribution in [3.8, 4) is 0 Å². The van der Waals surface area contributed by atoms with Crippen LogP contribution in [0.3, 0.4) is 0 Å². The van der Waals surface area contributed by atoms with Gasteiger partial charge in [0.05, 0.1) is 23.9 Å². The van der Waals surface area contributed by atoms with E-state index in [1.807, 2.05) is 18.3 Å². The van der Waals surface area contributed by atoms with Crippen molar-refractivity contribution in [1.82, 2.24) is 19.8 Å². The topological polar surface area (TPSA) is 42.3 Å². The molecule has 0 aromatic carbocycles. The molecule has 0 aliphatic carbocycles. The first-order chi connectivity index (χ1) is 12.3. The van der Waals surface area contributed by atoms with Crippen molar-refractivity contribution in [2.24, 2.45) is 0 Å². The Labute approximate surface area is 154 Å². The summed E-state index contributed by atoms with van der Waals surface area (Å²) in [4.78, 5) is 6.83. The molecule has 2 aliphatic rings. The molecule has 2 aliphatic heterocycles. The zero-order chi connectivity index (χ0) is 17.2. The minimum absolute atomic E-state index is 0.0618. The average molecular weight is 356 g/mol. The zero-order valence-corrected chi connectivity index (χ0v) is 15.3. The summed E-state index contributed by atoms with van der Waals surface area (Å²) in [5.41, 5.74) is 2.29. The van der Waals surface area contributed by atoms with Gasteiger partial charge in [0.2, 0.25) is 0 Å². The van der Waals surface area contributed by atoms with Crippen molar-refractivity contribution in [2.75, 3.05) is 13.2 Å². The molecule has 5 nitrogen and oxygen atoms in total. The summed E-state index contributed by atoms with van der Waals surface area (Å²) in [5, 5.41) is 4.28. The molecule has 2 saturated heterocycles. The fraction of sp³-hybridized carbons (Fsp3) is 0.474. The quantitative estimate of drug-likeness (QED) is 0.834. The number of likely N-dealkylation sites (N-methyl/N-ethyl adjacent to an activating group) is 1. The minimum atomic E-state index is 0.0618. The molecular formula is C19H24N4OS. The third-order valence-electron chi connectivity index (χ3n) is 5.13. The number of nitrogens with one attached hydrogen (secondary N) is 1. The standard InChI is InChI=1S/C19H24N4OS/c1-2-23-18(17(21-19(23)25)15-8-3-4-10-20-15)16-9-5-11-22(16)13-14-7-6-12-24-14/h3-5,8-11,14,17-18H,2,6-7,12-13H2,1H3,(H,21,25)/t14-,17-,18-/m0/s1. The largest absolute Gasteiger partial charge is 0.376 e. The van der Waals surface area contributed by atoms with Gasteiger partial charge in [-0.1, -0.05) is 6.07 Å². The van der Waals surface area contributed by atoms with Crippen LogP contribution in [0, 0.1) is 0 Å². The molecule has 1 N–H and O–H groups in total. The predicted octanol–water partition coefficient (Wildman–Crippen LogP) is 3.05. The van der Waals surface area contributed by atoms with E-state index >= 15 is 0 Å². The Morgan fingerprint density at radius 2 is 2.24 bits per heavy atom. The Hall–Kier alpha value is -1.92. The molecule has 4 rings (SSSR count). The summed E-state index contributed by atoms with van der Waals surface area (Å²) >= 11 is 5.61. The highest BCUT2D eigenvalue weighted by Crippen LogP contribution is 2.38. The molecular weight excluding hydrogens is 332 g/mol. The van der Waals surface area contributed by atoms with Crippen LogP contribution in [0.25, 0.3) is 0 Å². The van der Waals surface area contributed by atoms with Gasteiger partial charge in [-0.3, -0.25) is 4.98 Å². The van der Waals surface area contributed by atoms with E-state index in [1.165, 1.54) is 5.69 Å². The maximum Gasteiger partial charge on any atom is 0.170 e. The smallest absolute Gasteiger partial charge is 0.170 e. The summed E-state index contributed by atoms with van der Waals surface area (Å²) in [7, 11) is 0. The predicted molar refractivity (Wildman–Crippen MR) is 101 cm³/mol. The average Bonchev–Trinajstić information content (AvgIpc) is 3.36. The van der Waals surface area contributed by atoms with E-state index in [4.69, 9.17) is 17.0 Å². The van der Waals surface area contributed by atoms with Gasteiger partial charge in [0.1, 0.15) is 0 Å². The first-order valence-electron chi connectivity index (χ1n) is 9.02. The van der Waals surface area contributed by atoms with Gasteiger partial charge in [0, 0.05) is 37.8 Å². The lowest BCUT2D eigenvalue weighted by Gasteiger charge is -2.28. The van der Waals surface area contributed by atoms with Crippen LogP contribution in [0.2, 0.25) is 0 Å². The van der Waals surface area contributed by atoms with Crippen LogP contribution in [0.5, 0.6) is 0 Å². The molecule has 2 fully saturated rings. The number of ether oxygens (including phenoxy) is 1. The maximum absolute atomic E-state index is 5.84. The summed E-state index contributed by atoms with van der Waals surface area (Å²) in [5.74, 6) is 0. The van der Waals surface area contributed by atoms with E-state index < -0.39 is 0 Å². The van der Waals surface area contributed by atoms with Gasteiger partial charge < -0.3 is 19.5 Å². The highest BCUT2D eigenvalue weighted by molar-refractivity contribution is 7.80. The summed E-state index contributed by atoms with van der Waals surface area (Å²) in [6.07, 6.45) is 6.61. The highest BCUT2D eigenvalue weighted by atomic mass is 32.1. The lowest BCUT2D eigenvalue weighted by atomic mass is 10.0. The van der Waals surface area contributed by atoms with Crippen molar-refractivity contribution in [3.05, 3.63) is 54.1 Å². The second-order valence-electron chi connectivity index (χ2n) is 6.63. The number of hydrogen-bond acceptors (Lipinski definition) is 3. The van der Waals surface area contributed by atoms with Gasteiger partial charge in [-0.05, 0) is 56.2 Å². The molecule has 0 unspecified atom stereocenters. The van der Waals surface area contributed by atoms with Crippen LogP contribution in [-0.2, 0) is 11.3 Å². The molecule has 6 heteroatoms. The van der Waals surface area contributed by atoms with Crippen molar-refractivity contribution in [3.63, 3.8) is 0 Å². The van der Waals surface area contributed by atoms with Crippen molar-refractivity contribution < 1.29 is 4.74 Å². The Morgan fingerprint density at radius 3 is 2.96 bits per heavy atom. The molecule has 25 heavy (non-hydrogen) atoms. The van der Waals surface area contributed by atoms with E-state index in [1.54, 1.807) is 0 Å². The molecule has 0 spiro atoms. The van der Waals surface area contributed by atoms with Gasteiger partial charge >= 0.3 is 0 Å². The van der Waals surface area contributed by atoms with Gasteiger partial charge in [-0.15, -0.1) is 0 Å². The molecule has 0 amide bonds. The van der Waals surface area contributed by atoms with Crippen LogP contribution >= 0.6 is 12.2 Å². The van der Waals surface area contributed by atoms with Gasteiger partial charge in [-0.25, -0.2) is 0 Å². The van der Waals surface area contributed by atoms with Crippen LogP contribution in [0.15, 0.2) is 42.7 Å². The second-order valence-corrected chi connectivity index (χ2v) is 7.02. The highest BCUT2D eigenvalue weighted by Gasteiger charge is 2.40. The lowest BCUT2D eigenvalue weighted by molar-refractivity contribution is 0.0954. The molecule has 4 heterocycles. The van der Waals surface area contributed by atoms with Gasteiger partial charge in [-0.2, -0.15) is 0 Å². The van der Waals surface area contributed by atoms with Crippen LogP contribution in [0.1, 0.15) is 43.2 Å². The SMILES string of the molecule is CCN1C(=S)N[C@@H](c2ccccn2)[C@@H]1c1cccn1C[C@@H]1CCCO1. The van der Waals surface area contributed by atoms with Crippen molar-refractivity contribution in [2.45, 2.75) is 44.5 Å². The van der Waals surface area contributed by atoms with Gasteiger partial charge in [0.25, 0.3) is 0 Å². The number of nitrogens with zero attached hydrogens (tertiary/aromatic N) is 3. The van der Waals surface area contributed by atoms with Crippen LogP contribution < -0.4 is 5.32 Å². The Morgan fingerprint density at radius 1 is 1.32 bits per heavy atom. The first-order valence-corrected chi connectivity index (χ1v) is 9.43. The normalized spacial score (nSPS) is 26.2. The summed E-state index contributed by atoms with van der Waals surface area (Å²) in [6.45, 7) is 4.80. The molecule has 0 radical (unpaired) electrons. The molecule has 3 atom stereocenters. The van der Waals surface area contributed by atoms with Crippen molar-refractivity contribution >= 4 is 17.3 Å². The van der Waals surface area contributed by atoms with Gasteiger partial charge in [0.15, 0.2) is 5.11 Å². The Balaban J connectivity index is 1.68. The van der Waals surface area contributed by atoms with E-state index in [-0.39, 0.29) is 12.1 Å². The molecule has 132 valence electrons. The monoisotopic (exact) mass is 356 g/mol. The van der Waals surface area contributed by atoms with E-state index in [0.717, 1.165) is 43.3 Å². The number of hydrogen-bond donors (Lipinski definition) is 1. The molecule has 2 aromatic heterocycles. The van der Waals surface area contributed by atoms with Crippen molar-refractivity contribution in [1.29, 1.82) is 0 Å². The first kappa shape index (κ1) is 16.5. The maximum atomic E-state index is 5.84. The third-order valence-corrected chi connectivity index (χ3v) is 5.48. The summed E-state index contributed by atoms with van der Waals surface area (Å²) in [6, 6.07) is 10.6. The molecule has 0 bridgehead atoms. The van der Waals surface area contributed by atoms with Crippen LogP contribution in [-0.4, -0.2) is 38.8 Å². The van der Waals surface area contributed by atoms with E-state index in [9.17, 15) is 0 Å². The fourth-order valence-electron chi connectivity index (χ4n) is 3.94. The van der Waals surface area contributed by atoms with Crippen LogP contribution in [0.4, 0.5) is 0 Å². The third kappa shape index (κ3) is 3.16. The number of aromatic nitrogens is 2. The fourth-order valence-corrected chi connectivity index (χ4v) is 4.31. The van der Waals surface area contributed by atoms with E-state index in [0.29, 0.717) is 6.10 Å². The lowest BCUT2D eigenvalue weighted by Crippen LogP contribution is -2.30. The second kappa shape index (κ2) is 7.14.